The van der Waals surface area contributed by atoms with Gasteiger partial charge in [-0.2, -0.15) is 0 Å². The Morgan fingerprint density at radius 3 is 1.80 bits per heavy atom. The van der Waals surface area contributed by atoms with Gasteiger partial charge in [0, 0.05) is 0 Å². The zero-order chi connectivity index (χ0) is 29.0. The third kappa shape index (κ3) is 13.6. The summed E-state index contributed by atoms with van der Waals surface area (Å²) in [4.78, 5) is 12.6. The Kier molecular flexibility index (Phi) is 16.1. The summed E-state index contributed by atoms with van der Waals surface area (Å²) in [5, 5.41) is 0. The maximum atomic E-state index is 12.6. The molecule has 0 bridgehead atoms. The van der Waals surface area contributed by atoms with Gasteiger partial charge in [-0.3, -0.25) is 0 Å². The van der Waals surface area contributed by atoms with Crippen LogP contribution >= 0.6 is 0 Å². The fraction of sp³-hybridized carbons (Fsp3) is 0.595. The van der Waals surface area contributed by atoms with Gasteiger partial charge in [-0.25, -0.2) is 4.79 Å². The number of ether oxygens (including phenoxy) is 3. The first-order valence-corrected chi connectivity index (χ1v) is 16.5. The van der Waals surface area contributed by atoms with E-state index in [0.717, 1.165) is 49.2 Å². The summed E-state index contributed by atoms with van der Waals surface area (Å²) in [5.74, 6) is 3.59. The van der Waals surface area contributed by atoms with Crippen LogP contribution in [0.1, 0.15) is 126 Å². The summed E-state index contributed by atoms with van der Waals surface area (Å²) in [7, 11) is 0. The average molecular weight is 563 g/mol. The summed E-state index contributed by atoms with van der Waals surface area (Å²) in [6.45, 7) is 7.49. The van der Waals surface area contributed by atoms with Crippen LogP contribution in [0.5, 0.6) is 17.2 Å². The van der Waals surface area contributed by atoms with Gasteiger partial charge in [-0.1, -0.05) is 90.0 Å². The second-order valence-corrected chi connectivity index (χ2v) is 11.8. The molecule has 0 atom stereocenters. The van der Waals surface area contributed by atoms with Crippen molar-refractivity contribution in [3.8, 4) is 17.2 Å². The highest BCUT2D eigenvalue weighted by Gasteiger charge is 2.20. The van der Waals surface area contributed by atoms with Gasteiger partial charge in [0.25, 0.3) is 0 Å². The number of hydrogen-bond acceptors (Lipinski definition) is 4. The first-order chi connectivity index (χ1) is 20.2. The van der Waals surface area contributed by atoms with Gasteiger partial charge < -0.3 is 14.2 Å². The lowest BCUT2D eigenvalue weighted by Gasteiger charge is -2.28. The van der Waals surface area contributed by atoms with E-state index >= 15 is 0 Å². The minimum atomic E-state index is -0.373. The normalized spacial score (nSPS) is 16.7. The van der Waals surface area contributed by atoms with Crippen LogP contribution in [0, 0.1) is 11.8 Å². The molecule has 4 heteroatoms. The summed E-state index contributed by atoms with van der Waals surface area (Å²) in [6, 6.07) is 14.5. The van der Waals surface area contributed by atoms with Crippen molar-refractivity contribution in [3.05, 3.63) is 66.7 Å². The van der Waals surface area contributed by atoms with Crippen LogP contribution < -0.4 is 14.2 Å². The van der Waals surface area contributed by atoms with E-state index in [1.165, 1.54) is 89.9 Å². The number of benzene rings is 2. The quantitative estimate of drug-likeness (QED) is 0.0657. The predicted octanol–water partition coefficient (Wildman–Crippen LogP) is 10.7. The number of carbonyl (C=O) groups excluding carboxylic acids is 1. The molecule has 0 radical (unpaired) electrons. The van der Waals surface area contributed by atoms with Gasteiger partial charge in [-0.15, -0.1) is 6.58 Å². The topological polar surface area (TPSA) is 44.8 Å². The molecule has 0 N–H and O–H groups in total. The van der Waals surface area contributed by atoms with Crippen molar-refractivity contribution in [2.45, 2.75) is 116 Å². The van der Waals surface area contributed by atoms with Crippen LogP contribution in [0.2, 0.25) is 0 Å². The van der Waals surface area contributed by atoms with Crippen molar-refractivity contribution in [1.82, 2.24) is 0 Å². The molecule has 41 heavy (non-hydrogen) atoms. The van der Waals surface area contributed by atoms with Crippen molar-refractivity contribution in [2.24, 2.45) is 11.8 Å². The van der Waals surface area contributed by atoms with E-state index < -0.39 is 0 Å². The maximum absolute atomic E-state index is 12.6. The highest BCUT2D eigenvalue weighted by Crippen LogP contribution is 2.34. The average Bonchev–Trinajstić information content (AvgIpc) is 3.00. The predicted molar refractivity (Wildman–Crippen MR) is 170 cm³/mol. The minimum absolute atomic E-state index is 0.373. The van der Waals surface area contributed by atoms with Crippen molar-refractivity contribution < 1.29 is 19.0 Å². The highest BCUT2D eigenvalue weighted by molar-refractivity contribution is 5.91. The lowest BCUT2D eigenvalue weighted by Crippen LogP contribution is -2.15. The fourth-order valence-corrected chi connectivity index (χ4v) is 5.80. The molecular weight excluding hydrogens is 508 g/mol. The fourth-order valence-electron chi connectivity index (χ4n) is 5.80. The standard InChI is InChI=1S/C37H54O4/c1-3-5-7-8-9-10-11-13-29-39-34-23-21-33(22-24-34)37(38)41-36-27-25-35(26-28-36)40-30-14-16-32-19-17-31(18-20-32)15-12-6-4-2/h3,21-28,31-32H,1,4-20,29-30H2,2H3. The molecule has 0 amide bonds. The van der Waals surface area contributed by atoms with Crippen LogP contribution in [0.15, 0.2) is 61.2 Å². The van der Waals surface area contributed by atoms with E-state index in [-0.39, 0.29) is 5.97 Å². The molecule has 0 heterocycles. The summed E-state index contributed by atoms with van der Waals surface area (Å²) in [6.07, 6.45) is 23.9. The molecule has 0 aliphatic heterocycles. The Hall–Kier alpha value is -2.75. The van der Waals surface area contributed by atoms with Crippen molar-refractivity contribution in [1.29, 1.82) is 0 Å². The van der Waals surface area contributed by atoms with Gasteiger partial charge in [0.15, 0.2) is 0 Å². The summed E-state index contributed by atoms with van der Waals surface area (Å²) in [5.41, 5.74) is 0.507. The third-order valence-corrected chi connectivity index (χ3v) is 8.40. The molecule has 3 rings (SSSR count). The molecule has 2 aromatic rings. The maximum Gasteiger partial charge on any atom is 0.343 e. The minimum Gasteiger partial charge on any atom is -0.494 e. The number of unbranched alkanes of at least 4 members (excludes halogenated alkanes) is 8. The third-order valence-electron chi connectivity index (χ3n) is 8.40. The Morgan fingerprint density at radius 1 is 0.683 bits per heavy atom. The Morgan fingerprint density at radius 2 is 1.20 bits per heavy atom. The van der Waals surface area contributed by atoms with Gasteiger partial charge >= 0.3 is 5.97 Å². The smallest absolute Gasteiger partial charge is 0.343 e. The SMILES string of the molecule is C=CCCCCCCCCOc1ccc(C(=O)Oc2ccc(OCCCC3CCC(CCCCC)CC3)cc2)cc1. The van der Waals surface area contributed by atoms with Gasteiger partial charge in [0.1, 0.15) is 17.2 Å². The highest BCUT2D eigenvalue weighted by atomic mass is 16.5. The molecule has 1 saturated carbocycles. The molecule has 0 saturated heterocycles. The molecule has 0 spiro atoms. The molecule has 0 aromatic heterocycles. The molecular formula is C37H54O4. The Labute approximate surface area is 249 Å². The molecule has 226 valence electrons. The first-order valence-electron chi connectivity index (χ1n) is 16.5. The van der Waals surface area contributed by atoms with Gasteiger partial charge in [-0.05, 0) is 92.5 Å². The molecule has 1 aliphatic carbocycles. The van der Waals surface area contributed by atoms with Crippen molar-refractivity contribution >= 4 is 5.97 Å². The van der Waals surface area contributed by atoms with Crippen LogP contribution in [-0.2, 0) is 0 Å². The Balaban J connectivity index is 1.25. The molecule has 1 fully saturated rings. The second kappa shape index (κ2) is 20.2. The Bertz CT molecular complexity index is 957. The molecule has 1 aliphatic rings. The largest absolute Gasteiger partial charge is 0.494 e. The van der Waals surface area contributed by atoms with Crippen LogP contribution in [0.25, 0.3) is 0 Å². The van der Waals surface area contributed by atoms with Crippen molar-refractivity contribution in [3.63, 3.8) is 0 Å². The number of hydrogen-bond donors (Lipinski definition) is 0. The zero-order valence-electron chi connectivity index (χ0n) is 25.6. The summed E-state index contributed by atoms with van der Waals surface area (Å²) >= 11 is 0. The monoisotopic (exact) mass is 562 g/mol. The zero-order valence-corrected chi connectivity index (χ0v) is 25.6. The summed E-state index contributed by atoms with van der Waals surface area (Å²) < 4.78 is 17.3. The van der Waals surface area contributed by atoms with Crippen molar-refractivity contribution in [2.75, 3.05) is 13.2 Å². The number of carbonyl (C=O) groups is 1. The van der Waals surface area contributed by atoms with Crippen LogP contribution in [-0.4, -0.2) is 19.2 Å². The molecule has 0 unspecified atom stereocenters. The van der Waals surface area contributed by atoms with Crippen LogP contribution in [0.3, 0.4) is 0 Å². The molecule has 4 nitrogen and oxygen atoms in total. The number of allylic oxidation sites excluding steroid dienone is 1. The van der Waals surface area contributed by atoms with Crippen LogP contribution in [0.4, 0.5) is 0 Å². The van der Waals surface area contributed by atoms with E-state index in [1.807, 2.05) is 30.3 Å². The first kappa shape index (κ1) is 32.8. The second-order valence-electron chi connectivity index (χ2n) is 11.8. The molecule has 2 aromatic carbocycles. The number of rotatable bonds is 21. The van der Waals surface area contributed by atoms with E-state index in [9.17, 15) is 4.79 Å². The van der Waals surface area contributed by atoms with E-state index in [2.05, 4.69) is 13.5 Å². The van der Waals surface area contributed by atoms with E-state index in [1.54, 1.807) is 24.3 Å². The van der Waals surface area contributed by atoms with E-state index in [4.69, 9.17) is 14.2 Å². The van der Waals surface area contributed by atoms with E-state index in [0.29, 0.717) is 17.9 Å². The lowest BCUT2D eigenvalue weighted by atomic mass is 9.78. The lowest BCUT2D eigenvalue weighted by molar-refractivity contribution is 0.0734. The van der Waals surface area contributed by atoms with Gasteiger partial charge in [0.2, 0.25) is 0 Å². The number of esters is 1. The van der Waals surface area contributed by atoms with Gasteiger partial charge in [0.05, 0.1) is 18.8 Å².